The van der Waals surface area contributed by atoms with Gasteiger partial charge in [-0.25, -0.2) is 4.98 Å². The van der Waals surface area contributed by atoms with Crippen LogP contribution in [0.2, 0.25) is 5.02 Å². The van der Waals surface area contributed by atoms with Crippen LogP contribution < -0.4 is 20.5 Å². The Bertz CT molecular complexity index is 2000. The van der Waals surface area contributed by atoms with Crippen molar-refractivity contribution in [1.29, 1.82) is 0 Å². The molecule has 3 aromatic heterocycles. The monoisotopic (exact) mass is 627 g/mol. The van der Waals surface area contributed by atoms with Crippen molar-refractivity contribution >= 4 is 62.2 Å². The SMILES string of the molecule is COc1ccc(-c2cc(-c3ccc(C)c(C)c3)nc3sc(C(=O)Nc4nsc(-c5ccc(Cl)cc5)n4)c(N)c23)cc1OC. The summed E-state index contributed by atoms with van der Waals surface area (Å²) in [7, 11) is 3.19. The van der Waals surface area contributed by atoms with Crippen LogP contribution in [0.25, 0.3) is 43.2 Å². The average Bonchev–Trinajstić information content (AvgIpc) is 3.62. The number of benzene rings is 3. The molecule has 1 amide bonds. The van der Waals surface area contributed by atoms with E-state index in [0.717, 1.165) is 33.5 Å². The first-order valence-corrected chi connectivity index (χ1v) is 15.2. The van der Waals surface area contributed by atoms with Crippen LogP contribution in [-0.4, -0.2) is 34.5 Å². The minimum Gasteiger partial charge on any atom is -0.493 e. The molecular formula is C32H26ClN5O3S2. The van der Waals surface area contributed by atoms with E-state index in [9.17, 15) is 4.79 Å². The summed E-state index contributed by atoms with van der Waals surface area (Å²) in [4.78, 5) is 23.9. The van der Waals surface area contributed by atoms with Gasteiger partial charge in [-0.3, -0.25) is 10.1 Å². The lowest BCUT2D eigenvalue weighted by Crippen LogP contribution is -2.13. The lowest BCUT2D eigenvalue weighted by Gasteiger charge is -2.13. The number of nitrogens with one attached hydrogen (secondary N) is 1. The summed E-state index contributed by atoms with van der Waals surface area (Å²) in [6.07, 6.45) is 0. The number of amides is 1. The average molecular weight is 628 g/mol. The Balaban J connectivity index is 1.44. The van der Waals surface area contributed by atoms with Crippen molar-refractivity contribution in [1.82, 2.24) is 14.3 Å². The van der Waals surface area contributed by atoms with Gasteiger partial charge in [-0.2, -0.15) is 9.36 Å². The third-order valence-electron chi connectivity index (χ3n) is 7.14. The summed E-state index contributed by atoms with van der Waals surface area (Å²) in [5.74, 6) is 0.973. The van der Waals surface area contributed by atoms with E-state index >= 15 is 0 Å². The van der Waals surface area contributed by atoms with Crippen LogP contribution in [-0.2, 0) is 0 Å². The number of nitrogens with zero attached hydrogens (tertiary/aromatic N) is 3. The molecule has 3 aromatic carbocycles. The number of pyridine rings is 1. The van der Waals surface area contributed by atoms with E-state index in [4.69, 9.17) is 31.8 Å². The minimum absolute atomic E-state index is 0.195. The highest BCUT2D eigenvalue weighted by Gasteiger charge is 2.23. The first-order valence-electron chi connectivity index (χ1n) is 13.2. The molecule has 0 atom stereocenters. The van der Waals surface area contributed by atoms with Gasteiger partial charge in [0.15, 0.2) is 11.5 Å². The van der Waals surface area contributed by atoms with Crippen LogP contribution in [0.3, 0.4) is 0 Å². The second kappa shape index (κ2) is 11.6. The number of nitrogens with two attached hydrogens (primary N) is 1. The number of methoxy groups -OCH3 is 2. The van der Waals surface area contributed by atoms with Crippen LogP contribution in [0.15, 0.2) is 66.7 Å². The number of carbonyl (C=O) groups excluding carboxylic acids is 1. The van der Waals surface area contributed by atoms with E-state index in [-0.39, 0.29) is 5.95 Å². The number of ether oxygens (including phenoxy) is 2. The Morgan fingerprint density at radius 3 is 2.30 bits per heavy atom. The number of hydrogen-bond donors (Lipinski definition) is 2. The predicted octanol–water partition coefficient (Wildman–Crippen LogP) is 8.27. The van der Waals surface area contributed by atoms with E-state index in [0.29, 0.717) is 42.3 Å². The molecule has 0 fully saturated rings. The number of hydrogen-bond acceptors (Lipinski definition) is 9. The van der Waals surface area contributed by atoms with Gasteiger partial charge < -0.3 is 15.2 Å². The van der Waals surface area contributed by atoms with Gasteiger partial charge in [0.25, 0.3) is 5.91 Å². The van der Waals surface area contributed by atoms with Crippen molar-refractivity contribution in [2.45, 2.75) is 13.8 Å². The van der Waals surface area contributed by atoms with Gasteiger partial charge in [0, 0.05) is 21.5 Å². The highest BCUT2D eigenvalue weighted by Crippen LogP contribution is 2.43. The molecule has 6 aromatic rings. The number of aromatic nitrogens is 3. The third kappa shape index (κ3) is 5.52. The fraction of sp³-hybridized carbons (Fsp3) is 0.125. The molecular weight excluding hydrogens is 602 g/mol. The Kier molecular flexibility index (Phi) is 7.74. The molecule has 0 unspecified atom stereocenters. The van der Waals surface area contributed by atoms with Gasteiger partial charge in [0.05, 0.1) is 25.6 Å². The van der Waals surface area contributed by atoms with Gasteiger partial charge in [0.2, 0.25) is 5.95 Å². The Morgan fingerprint density at radius 2 is 1.58 bits per heavy atom. The molecule has 43 heavy (non-hydrogen) atoms. The summed E-state index contributed by atoms with van der Waals surface area (Å²) in [6, 6.07) is 21.2. The molecule has 0 aliphatic rings. The number of anilines is 2. The van der Waals surface area contributed by atoms with E-state index < -0.39 is 5.91 Å². The first-order chi connectivity index (χ1) is 20.7. The number of thiophene rings is 1. The van der Waals surface area contributed by atoms with Crippen LogP contribution in [0.4, 0.5) is 11.6 Å². The third-order valence-corrected chi connectivity index (χ3v) is 9.26. The van der Waals surface area contributed by atoms with Gasteiger partial charge >= 0.3 is 0 Å². The maximum atomic E-state index is 13.5. The summed E-state index contributed by atoms with van der Waals surface area (Å²) in [6.45, 7) is 4.15. The number of halogens is 1. The van der Waals surface area contributed by atoms with Crippen molar-refractivity contribution in [2.24, 2.45) is 0 Å². The topological polar surface area (TPSA) is 112 Å². The molecule has 216 valence electrons. The van der Waals surface area contributed by atoms with Crippen LogP contribution in [0, 0.1) is 13.8 Å². The lowest BCUT2D eigenvalue weighted by atomic mass is 9.98. The van der Waals surface area contributed by atoms with Crippen molar-refractivity contribution < 1.29 is 14.3 Å². The Hall–Kier alpha value is -4.51. The van der Waals surface area contributed by atoms with E-state index in [2.05, 4.69) is 40.7 Å². The summed E-state index contributed by atoms with van der Waals surface area (Å²) >= 11 is 8.42. The molecule has 0 saturated heterocycles. The fourth-order valence-corrected chi connectivity index (χ4v) is 6.48. The van der Waals surface area contributed by atoms with Gasteiger partial charge in [-0.1, -0.05) is 41.9 Å². The molecule has 0 bridgehead atoms. The molecule has 11 heteroatoms. The Morgan fingerprint density at radius 1 is 0.860 bits per heavy atom. The summed E-state index contributed by atoms with van der Waals surface area (Å²) in [5, 5.41) is 4.77. The predicted molar refractivity (Wildman–Crippen MR) is 176 cm³/mol. The fourth-order valence-electron chi connectivity index (χ4n) is 4.71. The molecule has 0 spiro atoms. The standard InChI is InChI=1S/C32H26ClN5O3S2/c1-16-5-6-20(13-17(16)2)23-15-22(19-9-12-24(40-3)25(14-19)41-4)26-27(34)28(42-31(26)35-23)29(39)36-32-37-30(43-38-32)18-7-10-21(33)11-8-18/h5-15H,34H2,1-4H3,(H,36,38,39). The normalized spacial score (nSPS) is 11.1. The molecule has 6 rings (SSSR count). The second-order valence-electron chi connectivity index (χ2n) is 9.83. The molecule has 3 N–H and O–H groups in total. The minimum atomic E-state index is -0.410. The van der Waals surface area contributed by atoms with E-state index in [1.165, 1.54) is 28.4 Å². The lowest BCUT2D eigenvalue weighted by molar-refractivity contribution is 0.103. The van der Waals surface area contributed by atoms with Gasteiger partial charge in [0.1, 0.15) is 14.7 Å². The number of nitrogen functional groups attached to an aromatic ring is 1. The second-order valence-corrected chi connectivity index (χ2v) is 12.0. The first kappa shape index (κ1) is 28.6. The molecule has 0 radical (unpaired) electrons. The molecule has 8 nitrogen and oxygen atoms in total. The van der Waals surface area contributed by atoms with Gasteiger partial charge in [-0.05, 0) is 84.0 Å². The zero-order chi connectivity index (χ0) is 30.2. The maximum absolute atomic E-state index is 13.5. The summed E-state index contributed by atoms with van der Waals surface area (Å²) < 4.78 is 15.4. The van der Waals surface area contributed by atoms with E-state index in [1.54, 1.807) is 26.4 Å². The van der Waals surface area contributed by atoms with Crippen molar-refractivity contribution in [3.8, 4) is 44.5 Å². The van der Waals surface area contributed by atoms with Crippen molar-refractivity contribution in [2.75, 3.05) is 25.3 Å². The van der Waals surface area contributed by atoms with Crippen molar-refractivity contribution in [3.05, 3.63) is 87.8 Å². The molecule has 0 saturated carbocycles. The van der Waals surface area contributed by atoms with Crippen LogP contribution in [0.5, 0.6) is 11.5 Å². The quantitative estimate of drug-likeness (QED) is 0.183. The summed E-state index contributed by atoms with van der Waals surface area (Å²) in [5.41, 5.74) is 13.6. The zero-order valence-electron chi connectivity index (χ0n) is 23.7. The largest absolute Gasteiger partial charge is 0.493 e. The number of carbonyl (C=O) groups is 1. The maximum Gasteiger partial charge on any atom is 0.270 e. The smallest absolute Gasteiger partial charge is 0.270 e. The van der Waals surface area contributed by atoms with Crippen molar-refractivity contribution in [3.63, 3.8) is 0 Å². The number of rotatable bonds is 7. The number of fused-ring (bicyclic) bond motifs is 1. The highest BCUT2D eigenvalue weighted by molar-refractivity contribution is 7.21. The Labute approximate surface area is 261 Å². The molecule has 0 aliphatic carbocycles. The molecule has 0 aliphatic heterocycles. The van der Waals surface area contributed by atoms with Crippen LogP contribution >= 0.6 is 34.5 Å². The van der Waals surface area contributed by atoms with E-state index in [1.807, 2.05) is 42.5 Å². The van der Waals surface area contributed by atoms with Gasteiger partial charge in [-0.15, -0.1) is 11.3 Å². The van der Waals surface area contributed by atoms with Crippen LogP contribution in [0.1, 0.15) is 20.8 Å². The number of aryl methyl sites for hydroxylation is 2. The highest BCUT2D eigenvalue weighted by atomic mass is 35.5. The molecule has 3 heterocycles. The zero-order valence-corrected chi connectivity index (χ0v) is 26.1.